The molecule has 0 bridgehead atoms. The standard InChI is InChI=1S/C25H26N2O2S2/c1-14-10-15(2)20(16(3)11-14)13-30-25-26-21-9-8-17(12-22(21)31-25)27-23(28)18-6-4-5-7-19(18)24(27)29/h8-12,18-19H,4-7,13H2,1-3H3/t18-,19-/m1/s1. The van der Waals surface area contributed by atoms with E-state index in [1.165, 1.54) is 27.2 Å². The molecular formula is C25H26N2O2S2. The number of benzene rings is 2. The normalized spacial score (nSPS) is 21.2. The molecule has 2 aliphatic rings. The molecule has 4 nitrogen and oxygen atoms in total. The number of hydrogen-bond acceptors (Lipinski definition) is 5. The van der Waals surface area contributed by atoms with Crippen LogP contribution in [0.1, 0.15) is 47.9 Å². The summed E-state index contributed by atoms with van der Waals surface area (Å²) in [4.78, 5) is 32.1. The van der Waals surface area contributed by atoms with Gasteiger partial charge in [-0.3, -0.25) is 14.5 Å². The second-order valence-corrected chi connectivity index (χ2v) is 11.1. The fraction of sp³-hybridized carbons (Fsp3) is 0.400. The molecule has 0 spiro atoms. The van der Waals surface area contributed by atoms with Gasteiger partial charge in [-0.25, -0.2) is 4.98 Å². The summed E-state index contributed by atoms with van der Waals surface area (Å²) in [5.74, 6) is 0.616. The molecule has 2 atom stereocenters. The highest BCUT2D eigenvalue weighted by Gasteiger charge is 2.48. The summed E-state index contributed by atoms with van der Waals surface area (Å²) in [5, 5.41) is 0. The first-order chi connectivity index (χ1) is 14.9. The number of carbonyl (C=O) groups is 2. The van der Waals surface area contributed by atoms with E-state index in [2.05, 4.69) is 32.9 Å². The van der Waals surface area contributed by atoms with Gasteiger partial charge >= 0.3 is 0 Å². The van der Waals surface area contributed by atoms with Crippen LogP contribution < -0.4 is 4.90 Å². The number of aromatic nitrogens is 1. The van der Waals surface area contributed by atoms with Gasteiger partial charge in [0, 0.05) is 5.75 Å². The van der Waals surface area contributed by atoms with Crippen LogP contribution in [0.3, 0.4) is 0 Å². The number of thiazole rings is 1. The summed E-state index contributed by atoms with van der Waals surface area (Å²) in [6.07, 6.45) is 3.77. The molecule has 1 saturated carbocycles. The minimum atomic E-state index is -0.120. The number of anilines is 1. The Morgan fingerprint density at radius 1 is 1.00 bits per heavy atom. The van der Waals surface area contributed by atoms with Gasteiger partial charge in [0.1, 0.15) is 0 Å². The number of fused-ring (bicyclic) bond motifs is 2. The van der Waals surface area contributed by atoms with E-state index in [1.807, 2.05) is 18.2 Å². The summed E-state index contributed by atoms with van der Waals surface area (Å²) < 4.78 is 2.03. The Balaban J connectivity index is 1.38. The van der Waals surface area contributed by atoms with Gasteiger partial charge in [0.05, 0.1) is 27.7 Å². The first kappa shape index (κ1) is 20.7. The van der Waals surface area contributed by atoms with Crippen molar-refractivity contribution < 1.29 is 9.59 Å². The first-order valence-electron chi connectivity index (χ1n) is 10.9. The molecule has 0 unspecified atom stereocenters. The lowest BCUT2D eigenvalue weighted by Gasteiger charge is -2.19. The Morgan fingerprint density at radius 2 is 1.65 bits per heavy atom. The van der Waals surface area contributed by atoms with Crippen molar-refractivity contribution in [3.05, 3.63) is 52.6 Å². The maximum absolute atomic E-state index is 12.9. The van der Waals surface area contributed by atoms with Crippen molar-refractivity contribution in [3.8, 4) is 0 Å². The van der Waals surface area contributed by atoms with E-state index < -0.39 is 0 Å². The van der Waals surface area contributed by atoms with Crippen molar-refractivity contribution >= 4 is 50.8 Å². The number of carbonyl (C=O) groups excluding carboxylic acids is 2. The van der Waals surface area contributed by atoms with Crippen molar-refractivity contribution in [1.29, 1.82) is 0 Å². The van der Waals surface area contributed by atoms with Crippen molar-refractivity contribution in [2.45, 2.75) is 56.5 Å². The van der Waals surface area contributed by atoms with E-state index in [0.717, 1.165) is 46.0 Å². The molecule has 0 radical (unpaired) electrons. The first-order valence-corrected chi connectivity index (χ1v) is 12.7. The van der Waals surface area contributed by atoms with Crippen LogP contribution in [0.15, 0.2) is 34.7 Å². The van der Waals surface area contributed by atoms with Gasteiger partial charge in [-0.1, -0.05) is 42.3 Å². The molecule has 1 aromatic heterocycles. The third-order valence-electron chi connectivity index (χ3n) is 6.63. The predicted molar refractivity (Wildman–Crippen MR) is 128 cm³/mol. The summed E-state index contributed by atoms with van der Waals surface area (Å²) in [5.41, 5.74) is 6.92. The maximum Gasteiger partial charge on any atom is 0.237 e. The molecule has 5 rings (SSSR count). The van der Waals surface area contributed by atoms with Gasteiger partial charge in [-0.05, 0) is 68.5 Å². The molecule has 2 fully saturated rings. The Kier molecular flexibility index (Phi) is 5.39. The van der Waals surface area contributed by atoms with Gasteiger partial charge < -0.3 is 0 Å². The summed E-state index contributed by atoms with van der Waals surface area (Å²) in [7, 11) is 0. The molecule has 1 saturated heterocycles. The fourth-order valence-corrected chi connectivity index (χ4v) is 7.38. The topological polar surface area (TPSA) is 50.3 Å². The molecule has 2 heterocycles. The lowest BCUT2D eigenvalue weighted by Crippen LogP contribution is -2.30. The number of imide groups is 1. The zero-order valence-corrected chi connectivity index (χ0v) is 19.7. The van der Waals surface area contributed by atoms with Crippen LogP contribution in [0, 0.1) is 32.6 Å². The molecule has 31 heavy (non-hydrogen) atoms. The molecule has 0 N–H and O–H groups in total. The highest BCUT2D eigenvalue weighted by Crippen LogP contribution is 2.41. The average Bonchev–Trinajstić information content (AvgIpc) is 3.25. The highest BCUT2D eigenvalue weighted by atomic mass is 32.2. The predicted octanol–water partition coefficient (Wildman–Crippen LogP) is 6.19. The fourth-order valence-electron chi connectivity index (χ4n) is 5.08. The number of amides is 2. The smallest absolute Gasteiger partial charge is 0.237 e. The van der Waals surface area contributed by atoms with Crippen LogP contribution in [0.25, 0.3) is 10.2 Å². The van der Waals surface area contributed by atoms with E-state index in [-0.39, 0.29) is 23.7 Å². The molecule has 160 valence electrons. The molecule has 3 aromatic rings. The molecule has 1 aliphatic heterocycles. The highest BCUT2D eigenvalue weighted by molar-refractivity contribution is 8.00. The third kappa shape index (κ3) is 3.70. The van der Waals surface area contributed by atoms with Crippen molar-refractivity contribution in [2.24, 2.45) is 11.8 Å². The van der Waals surface area contributed by atoms with Gasteiger partial charge in [0.25, 0.3) is 0 Å². The molecule has 2 aromatic carbocycles. The summed E-state index contributed by atoms with van der Waals surface area (Å²) in [6, 6.07) is 10.2. The molecule has 6 heteroatoms. The Morgan fingerprint density at radius 3 is 2.29 bits per heavy atom. The van der Waals surface area contributed by atoms with Crippen molar-refractivity contribution in [3.63, 3.8) is 0 Å². The average molecular weight is 451 g/mol. The number of aryl methyl sites for hydroxylation is 3. The Bertz CT molecular complexity index is 1150. The number of hydrogen-bond donors (Lipinski definition) is 0. The van der Waals surface area contributed by atoms with Crippen molar-refractivity contribution in [2.75, 3.05) is 4.90 Å². The quantitative estimate of drug-likeness (QED) is 0.351. The van der Waals surface area contributed by atoms with Gasteiger partial charge in [0.15, 0.2) is 4.34 Å². The maximum atomic E-state index is 12.9. The van der Waals surface area contributed by atoms with E-state index in [4.69, 9.17) is 4.98 Å². The van der Waals surface area contributed by atoms with Gasteiger partial charge in [-0.15, -0.1) is 11.3 Å². The molecule has 2 amide bonds. The van der Waals surface area contributed by atoms with Crippen LogP contribution in [0.4, 0.5) is 5.69 Å². The second-order valence-electron chi connectivity index (χ2n) is 8.81. The number of nitrogens with zero attached hydrogens (tertiary/aromatic N) is 2. The van der Waals surface area contributed by atoms with Gasteiger partial charge in [0.2, 0.25) is 11.8 Å². The van der Waals surface area contributed by atoms with Crippen LogP contribution in [-0.4, -0.2) is 16.8 Å². The van der Waals surface area contributed by atoms with E-state index in [0.29, 0.717) is 5.69 Å². The Labute approximate surface area is 191 Å². The van der Waals surface area contributed by atoms with E-state index >= 15 is 0 Å². The molecular weight excluding hydrogens is 424 g/mol. The number of rotatable bonds is 4. The summed E-state index contributed by atoms with van der Waals surface area (Å²) >= 11 is 3.38. The van der Waals surface area contributed by atoms with Crippen LogP contribution in [0.2, 0.25) is 0 Å². The number of thioether (sulfide) groups is 1. The largest absolute Gasteiger partial charge is 0.274 e. The zero-order valence-electron chi connectivity index (χ0n) is 18.1. The SMILES string of the molecule is Cc1cc(C)c(CSc2nc3ccc(N4C(=O)[C@@H]5CCCC[C@H]5C4=O)cc3s2)c(C)c1. The van der Waals surface area contributed by atoms with Crippen LogP contribution >= 0.6 is 23.1 Å². The minimum Gasteiger partial charge on any atom is -0.274 e. The molecule has 1 aliphatic carbocycles. The van der Waals surface area contributed by atoms with Gasteiger partial charge in [-0.2, -0.15) is 0 Å². The van der Waals surface area contributed by atoms with Crippen molar-refractivity contribution in [1.82, 2.24) is 4.98 Å². The zero-order chi connectivity index (χ0) is 21.7. The Hall–Kier alpha value is -2.18. The van der Waals surface area contributed by atoms with E-state index in [1.54, 1.807) is 23.1 Å². The third-order valence-corrected chi connectivity index (χ3v) is 8.82. The van der Waals surface area contributed by atoms with E-state index in [9.17, 15) is 9.59 Å². The lowest BCUT2D eigenvalue weighted by molar-refractivity contribution is -0.122. The second kappa shape index (κ2) is 8.06. The summed E-state index contributed by atoms with van der Waals surface area (Å²) in [6.45, 7) is 6.47. The minimum absolute atomic E-state index is 0.0153. The van der Waals surface area contributed by atoms with Crippen LogP contribution in [0.5, 0.6) is 0 Å². The lowest BCUT2D eigenvalue weighted by atomic mass is 9.81. The van der Waals surface area contributed by atoms with Crippen LogP contribution in [-0.2, 0) is 15.3 Å². The monoisotopic (exact) mass is 450 g/mol.